The van der Waals surface area contributed by atoms with E-state index >= 15 is 0 Å². The molecule has 3 aromatic rings. The fourth-order valence-electron chi connectivity index (χ4n) is 4.04. The number of esters is 1. The van der Waals surface area contributed by atoms with E-state index in [1.165, 1.54) is 11.1 Å². The molecule has 0 aromatic heterocycles. The van der Waals surface area contributed by atoms with Crippen LogP contribution in [0.2, 0.25) is 0 Å². The highest BCUT2D eigenvalue weighted by Gasteiger charge is 2.35. The molecule has 146 valence electrons. The average molecular weight is 383 g/mol. The molecule has 0 radical (unpaired) electrons. The summed E-state index contributed by atoms with van der Waals surface area (Å²) in [6.45, 7) is 2.95. The summed E-state index contributed by atoms with van der Waals surface area (Å²) in [5, 5.41) is 0. The van der Waals surface area contributed by atoms with Gasteiger partial charge >= 0.3 is 5.97 Å². The number of hydrogen-bond acceptors (Lipinski definition) is 3. The largest absolute Gasteiger partial charge is 0.463 e. The molecule has 0 amide bonds. The van der Waals surface area contributed by atoms with Crippen LogP contribution in [0.5, 0.6) is 0 Å². The Morgan fingerprint density at radius 2 is 1.41 bits per heavy atom. The van der Waals surface area contributed by atoms with Crippen LogP contribution in [-0.4, -0.2) is 24.0 Å². The standard InChI is InChI=1S/C26H25NO2/c1-2-29-26(28)24-19-27(18-23(24)20-12-6-3-7-13-20)25(21-14-8-4-9-15-21)22-16-10-5-11-17-22/h3-17,19,23,25H,2,18H2,1H3. The van der Waals surface area contributed by atoms with Crippen molar-refractivity contribution in [1.29, 1.82) is 0 Å². The summed E-state index contributed by atoms with van der Waals surface area (Å²) in [4.78, 5) is 15.0. The van der Waals surface area contributed by atoms with Crippen LogP contribution in [0.1, 0.15) is 35.6 Å². The van der Waals surface area contributed by atoms with Crippen molar-refractivity contribution in [2.24, 2.45) is 0 Å². The van der Waals surface area contributed by atoms with Crippen molar-refractivity contribution in [2.45, 2.75) is 18.9 Å². The van der Waals surface area contributed by atoms with Crippen LogP contribution in [0.3, 0.4) is 0 Å². The Kier molecular flexibility index (Phi) is 5.76. The van der Waals surface area contributed by atoms with Gasteiger partial charge in [-0.2, -0.15) is 0 Å². The summed E-state index contributed by atoms with van der Waals surface area (Å²) >= 11 is 0. The van der Waals surface area contributed by atoms with Gasteiger partial charge in [0, 0.05) is 18.7 Å². The summed E-state index contributed by atoms with van der Waals surface area (Å²) in [6, 6.07) is 31.1. The number of carbonyl (C=O) groups excluding carboxylic acids is 1. The van der Waals surface area contributed by atoms with E-state index < -0.39 is 0 Å². The maximum atomic E-state index is 12.8. The average Bonchev–Trinajstić information content (AvgIpc) is 3.21. The molecule has 0 saturated carbocycles. The van der Waals surface area contributed by atoms with Crippen molar-refractivity contribution < 1.29 is 9.53 Å². The van der Waals surface area contributed by atoms with Crippen LogP contribution in [0.15, 0.2) is 103 Å². The van der Waals surface area contributed by atoms with Gasteiger partial charge in [-0.3, -0.25) is 0 Å². The molecule has 1 aliphatic rings. The number of nitrogens with zero attached hydrogens (tertiary/aromatic N) is 1. The van der Waals surface area contributed by atoms with E-state index in [0.717, 1.165) is 17.7 Å². The van der Waals surface area contributed by atoms with Gasteiger partial charge < -0.3 is 9.64 Å². The minimum absolute atomic E-state index is 0.00910. The molecule has 1 atom stereocenters. The van der Waals surface area contributed by atoms with Gasteiger partial charge in [-0.25, -0.2) is 4.79 Å². The van der Waals surface area contributed by atoms with E-state index in [1.807, 2.05) is 43.5 Å². The molecule has 0 N–H and O–H groups in total. The fraction of sp³-hybridized carbons (Fsp3) is 0.192. The van der Waals surface area contributed by atoms with Crippen LogP contribution in [-0.2, 0) is 9.53 Å². The van der Waals surface area contributed by atoms with E-state index in [1.54, 1.807) is 0 Å². The lowest BCUT2D eigenvalue weighted by Gasteiger charge is -2.30. The van der Waals surface area contributed by atoms with Crippen molar-refractivity contribution in [3.8, 4) is 0 Å². The van der Waals surface area contributed by atoms with Crippen LogP contribution in [0, 0.1) is 0 Å². The van der Waals surface area contributed by atoms with Crippen molar-refractivity contribution in [3.63, 3.8) is 0 Å². The molecular weight excluding hydrogens is 358 g/mol. The second kappa shape index (κ2) is 8.78. The quantitative estimate of drug-likeness (QED) is 0.539. The molecule has 1 unspecified atom stereocenters. The zero-order valence-corrected chi connectivity index (χ0v) is 16.6. The summed E-state index contributed by atoms with van der Waals surface area (Å²) in [6.07, 6.45) is 2.00. The maximum absolute atomic E-state index is 12.8. The topological polar surface area (TPSA) is 29.5 Å². The van der Waals surface area contributed by atoms with Gasteiger partial charge in [-0.1, -0.05) is 91.0 Å². The molecule has 0 aliphatic carbocycles. The Balaban J connectivity index is 1.76. The molecule has 3 nitrogen and oxygen atoms in total. The minimum atomic E-state index is -0.233. The fourth-order valence-corrected chi connectivity index (χ4v) is 4.04. The van der Waals surface area contributed by atoms with Gasteiger partial charge in [0.05, 0.1) is 18.2 Å². The molecule has 0 bridgehead atoms. The Morgan fingerprint density at radius 1 is 0.897 bits per heavy atom. The lowest BCUT2D eigenvalue weighted by atomic mass is 9.93. The Morgan fingerprint density at radius 3 is 1.93 bits per heavy atom. The zero-order chi connectivity index (χ0) is 20.1. The van der Waals surface area contributed by atoms with E-state index in [2.05, 4.69) is 65.6 Å². The molecule has 3 heteroatoms. The third-order valence-corrected chi connectivity index (χ3v) is 5.35. The maximum Gasteiger partial charge on any atom is 0.336 e. The highest BCUT2D eigenvalue weighted by atomic mass is 16.5. The van der Waals surface area contributed by atoms with Crippen molar-refractivity contribution >= 4 is 5.97 Å². The predicted molar refractivity (Wildman–Crippen MR) is 115 cm³/mol. The van der Waals surface area contributed by atoms with Crippen molar-refractivity contribution in [2.75, 3.05) is 13.2 Å². The lowest BCUT2D eigenvalue weighted by molar-refractivity contribution is -0.138. The summed E-state index contributed by atoms with van der Waals surface area (Å²) in [5.74, 6) is -0.242. The second-order valence-corrected chi connectivity index (χ2v) is 7.19. The first-order valence-electron chi connectivity index (χ1n) is 10.1. The van der Waals surface area contributed by atoms with Gasteiger partial charge in [-0.15, -0.1) is 0 Å². The third-order valence-electron chi connectivity index (χ3n) is 5.35. The molecule has 0 spiro atoms. The first kappa shape index (κ1) is 19.0. The first-order valence-corrected chi connectivity index (χ1v) is 10.1. The number of rotatable bonds is 6. The SMILES string of the molecule is CCOC(=O)C1=CN(C(c2ccccc2)c2ccccc2)CC1c1ccccc1. The monoisotopic (exact) mass is 383 g/mol. The van der Waals surface area contributed by atoms with Gasteiger partial charge in [0.2, 0.25) is 0 Å². The normalized spacial score (nSPS) is 16.0. The smallest absolute Gasteiger partial charge is 0.336 e. The number of hydrogen-bond donors (Lipinski definition) is 0. The van der Waals surface area contributed by atoms with Crippen molar-refractivity contribution in [3.05, 3.63) is 119 Å². The van der Waals surface area contributed by atoms with E-state index in [-0.39, 0.29) is 17.9 Å². The van der Waals surface area contributed by atoms with Crippen LogP contribution >= 0.6 is 0 Å². The summed E-state index contributed by atoms with van der Waals surface area (Å²) in [5.41, 5.74) is 4.25. The van der Waals surface area contributed by atoms with E-state index in [9.17, 15) is 4.79 Å². The molecule has 29 heavy (non-hydrogen) atoms. The van der Waals surface area contributed by atoms with E-state index in [4.69, 9.17) is 4.74 Å². The third kappa shape index (κ3) is 4.09. The zero-order valence-electron chi connectivity index (χ0n) is 16.6. The van der Waals surface area contributed by atoms with Gasteiger partial charge in [0.25, 0.3) is 0 Å². The molecule has 3 aromatic carbocycles. The molecule has 0 fully saturated rings. The minimum Gasteiger partial charge on any atom is -0.463 e. The molecule has 0 saturated heterocycles. The molecule has 1 heterocycles. The second-order valence-electron chi connectivity index (χ2n) is 7.19. The highest BCUT2D eigenvalue weighted by molar-refractivity contribution is 5.91. The molecule has 1 aliphatic heterocycles. The Bertz CT molecular complexity index is 928. The number of carbonyl (C=O) groups is 1. The molecule has 4 rings (SSSR count). The predicted octanol–water partition coefficient (Wildman–Crippen LogP) is 5.32. The lowest BCUT2D eigenvalue weighted by Crippen LogP contribution is -2.25. The first-order chi connectivity index (χ1) is 14.3. The summed E-state index contributed by atoms with van der Waals surface area (Å²) in [7, 11) is 0. The Labute approximate surface area is 172 Å². The van der Waals surface area contributed by atoms with Crippen LogP contribution < -0.4 is 0 Å². The summed E-state index contributed by atoms with van der Waals surface area (Å²) < 4.78 is 5.38. The van der Waals surface area contributed by atoms with Crippen molar-refractivity contribution in [1.82, 2.24) is 4.90 Å². The number of ether oxygens (including phenoxy) is 1. The highest BCUT2D eigenvalue weighted by Crippen LogP contribution is 2.39. The van der Waals surface area contributed by atoms with Gasteiger partial charge in [0.15, 0.2) is 0 Å². The van der Waals surface area contributed by atoms with Crippen LogP contribution in [0.25, 0.3) is 0 Å². The number of benzene rings is 3. The molecular formula is C26H25NO2. The van der Waals surface area contributed by atoms with E-state index in [0.29, 0.717) is 6.61 Å². The van der Waals surface area contributed by atoms with Crippen LogP contribution in [0.4, 0.5) is 0 Å². The van der Waals surface area contributed by atoms with Gasteiger partial charge in [-0.05, 0) is 23.6 Å². The van der Waals surface area contributed by atoms with Gasteiger partial charge in [0.1, 0.15) is 0 Å². The Hall–Kier alpha value is -3.33.